The predicted molar refractivity (Wildman–Crippen MR) is 123 cm³/mol. The summed E-state index contributed by atoms with van der Waals surface area (Å²) in [7, 11) is -3.94. The van der Waals surface area contributed by atoms with Gasteiger partial charge in [0.1, 0.15) is 0 Å². The molecule has 0 saturated heterocycles. The summed E-state index contributed by atoms with van der Waals surface area (Å²) in [5.74, 6) is -0.0490. The van der Waals surface area contributed by atoms with E-state index in [9.17, 15) is 17.5 Å². The summed E-state index contributed by atoms with van der Waals surface area (Å²) in [6.07, 6.45) is 1.02. The van der Waals surface area contributed by atoms with Crippen LogP contribution < -0.4 is 16.2 Å². The molecule has 1 aliphatic carbocycles. The molecule has 1 aliphatic rings. The number of thiazole rings is 1. The van der Waals surface area contributed by atoms with Gasteiger partial charge in [-0.05, 0) is 57.1 Å². The Balaban J connectivity index is 1.76. The number of rotatable bonds is 6. The maximum atomic E-state index is 13.2. The van der Waals surface area contributed by atoms with Crippen molar-refractivity contribution in [1.82, 2.24) is 30.3 Å². The number of benzene rings is 2. The van der Waals surface area contributed by atoms with Crippen LogP contribution in [0.25, 0.3) is 32.7 Å². The van der Waals surface area contributed by atoms with E-state index in [1.165, 1.54) is 17.4 Å². The van der Waals surface area contributed by atoms with Gasteiger partial charge in [-0.25, -0.2) is 4.98 Å². The average molecular weight is 507 g/mol. The van der Waals surface area contributed by atoms with Crippen LogP contribution in [0.2, 0.25) is 0 Å². The topological polar surface area (TPSA) is 209 Å². The fraction of sp³-hybridized carbons (Fsp3) is 0.222. The van der Waals surface area contributed by atoms with Gasteiger partial charge in [0.05, 0.1) is 26.7 Å². The number of hydrogen-bond donors (Lipinski definition) is 5. The highest BCUT2D eigenvalue weighted by molar-refractivity contribution is 7.96. The fourth-order valence-electron chi connectivity index (χ4n) is 3.89. The van der Waals surface area contributed by atoms with Crippen molar-refractivity contribution in [3.8, 4) is 22.5 Å². The van der Waals surface area contributed by atoms with Gasteiger partial charge in [0.15, 0.2) is 5.13 Å². The van der Waals surface area contributed by atoms with Gasteiger partial charge in [0.2, 0.25) is 10.7 Å². The number of para-hydroxylation sites is 1. The molecular weight excluding hydrogens is 488 g/mol. The van der Waals surface area contributed by atoms with Gasteiger partial charge in [0.25, 0.3) is 0 Å². The molecule has 0 aliphatic heterocycles. The van der Waals surface area contributed by atoms with Gasteiger partial charge in [-0.3, -0.25) is 4.21 Å². The van der Waals surface area contributed by atoms with Crippen LogP contribution >= 0.6 is 11.3 Å². The highest BCUT2D eigenvalue weighted by Crippen LogP contribution is 2.42. The molecule has 0 spiro atoms. The summed E-state index contributed by atoms with van der Waals surface area (Å²) < 4.78 is 52.4. The zero-order valence-corrected chi connectivity index (χ0v) is 19.2. The first kappa shape index (κ1) is 22.1. The molecule has 2 aromatic heterocycles. The van der Waals surface area contributed by atoms with Crippen LogP contribution in [0.3, 0.4) is 0 Å². The SMILES string of the molecule is Nc1nc2c(-c3ccc([S+](=O)(O)NC4CC(N)C4)c(S(=O)[O-])c3-c3nn[nH]n3)cccc2s1. The summed E-state index contributed by atoms with van der Waals surface area (Å²) in [5.41, 5.74) is 13.2. The molecule has 172 valence electrons. The van der Waals surface area contributed by atoms with Gasteiger partial charge in [-0.2, -0.15) is 9.77 Å². The minimum Gasteiger partial charge on any atom is -0.768 e. The number of aromatic nitrogens is 5. The third-order valence-corrected chi connectivity index (χ3v) is 8.71. The third kappa shape index (κ3) is 3.97. The molecular formula is C18H18N8O4S3. The first-order chi connectivity index (χ1) is 15.7. The molecule has 33 heavy (non-hydrogen) atoms. The Morgan fingerprint density at radius 1 is 1.27 bits per heavy atom. The molecule has 5 rings (SSSR count). The second kappa shape index (κ2) is 8.28. The lowest BCUT2D eigenvalue weighted by Crippen LogP contribution is -2.52. The van der Waals surface area contributed by atoms with E-state index in [4.69, 9.17) is 11.5 Å². The van der Waals surface area contributed by atoms with Crippen LogP contribution in [0.1, 0.15) is 12.8 Å². The Kier molecular flexibility index (Phi) is 5.56. The number of hydrogen-bond acceptors (Lipinski definition) is 10. The van der Waals surface area contributed by atoms with E-state index in [1.807, 2.05) is 6.07 Å². The van der Waals surface area contributed by atoms with E-state index < -0.39 is 26.4 Å². The van der Waals surface area contributed by atoms with Crippen molar-refractivity contribution in [3.63, 3.8) is 0 Å². The molecule has 0 radical (unpaired) electrons. The second-order valence-corrected chi connectivity index (χ2v) is 11.2. The number of fused-ring (bicyclic) bond motifs is 1. The molecule has 4 aromatic rings. The molecule has 0 bridgehead atoms. The van der Waals surface area contributed by atoms with Crippen LogP contribution in [0.15, 0.2) is 40.1 Å². The number of aromatic amines is 1. The molecule has 15 heteroatoms. The normalized spacial score (nSPS) is 20.9. The summed E-state index contributed by atoms with van der Waals surface area (Å²) in [6, 6.07) is 7.88. The minimum absolute atomic E-state index is 0.0301. The van der Waals surface area contributed by atoms with Crippen molar-refractivity contribution >= 4 is 48.2 Å². The lowest BCUT2D eigenvalue weighted by atomic mass is 9.89. The Bertz CT molecular complexity index is 1420. The molecule has 0 amide bonds. The predicted octanol–water partition coefficient (Wildman–Crippen LogP) is 1.29. The summed E-state index contributed by atoms with van der Waals surface area (Å²) >= 11 is -1.63. The van der Waals surface area contributed by atoms with Crippen molar-refractivity contribution in [1.29, 1.82) is 0 Å². The van der Waals surface area contributed by atoms with Gasteiger partial charge < -0.3 is 16.0 Å². The number of H-pyrrole nitrogens is 1. The van der Waals surface area contributed by atoms with Crippen molar-refractivity contribution in [2.45, 2.75) is 34.7 Å². The Labute approximate surface area is 194 Å². The summed E-state index contributed by atoms with van der Waals surface area (Å²) in [6.45, 7) is 0. The fourth-order valence-corrected chi connectivity index (χ4v) is 7.17. The van der Waals surface area contributed by atoms with Gasteiger partial charge in [-0.15, -0.1) is 14.9 Å². The first-order valence-corrected chi connectivity index (χ1v) is 13.1. The average Bonchev–Trinajstić information content (AvgIpc) is 3.40. The van der Waals surface area contributed by atoms with Crippen molar-refractivity contribution < 1.29 is 17.5 Å². The van der Waals surface area contributed by atoms with Crippen LogP contribution in [-0.2, 0) is 25.7 Å². The molecule has 1 saturated carbocycles. The maximum Gasteiger partial charge on any atom is 0.324 e. The largest absolute Gasteiger partial charge is 0.768 e. The zero-order valence-electron chi connectivity index (χ0n) is 16.8. The number of nitrogens with two attached hydrogens (primary N) is 2. The Hall–Kier alpha value is -2.66. The summed E-state index contributed by atoms with van der Waals surface area (Å²) in [5, 5.41) is 14.1. The lowest BCUT2D eigenvalue weighted by Gasteiger charge is -2.31. The minimum atomic E-state index is -3.94. The van der Waals surface area contributed by atoms with E-state index in [0.717, 1.165) is 4.70 Å². The standard InChI is InChI=1S/C18H18N8O4S3/c19-8-6-9(7-8)24-33(29,30)13-5-4-10(11-2-1-3-12-15(11)21-18(20)31-12)14(16(13)32(27)28)17-22-25-26-23-17/h1-5,8-9H,6-7,19H2,(H5-,20,21,22,23,24,25,26,27,28,29,30). The highest BCUT2D eigenvalue weighted by Gasteiger charge is 2.41. The van der Waals surface area contributed by atoms with E-state index in [2.05, 4.69) is 30.3 Å². The van der Waals surface area contributed by atoms with E-state index in [0.29, 0.717) is 34.6 Å². The molecule has 7 N–H and O–H groups in total. The van der Waals surface area contributed by atoms with E-state index in [-0.39, 0.29) is 28.4 Å². The zero-order chi connectivity index (χ0) is 23.3. The van der Waals surface area contributed by atoms with E-state index >= 15 is 0 Å². The van der Waals surface area contributed by atoms with Gasteiger partial charge >= 0.3 is 10.4 Å². The molecule has 12 nitrogen and oxygen atoms in total. The smallest absolute Gasteiger partial charge is 0.324 e. The van der Waals surface area contributed by atoms with Crippen molar-refractivity contribution in [3.05, 3.63) is 30.3 Å². The molecule has 2 atom stereocenters. The maximum absolute atomic E-state index is 13.2. The monoisotopic (exact) mass is 506 g/mol. The quantitative estimate of drug-likeness (QED) is 0.187. The Morgan fingerprint density at radius 2 is 2.06 bits per heavy atom. The van der Waals surface area contributed by atoms with Crippen LogP contribution in [-0.4, -0.2) is 51.0 Å². The number of tetrazole rings is 1. The molecule has 2 aromatic carbocycles. The number of nitrogens with one attached hydrogen (secondary N) is 2. The Morgan fingerprint density at radius 3 is 2.73 bits per heavy atom. The lowest BCUT2D eigenvalue weighted by molar-refractivity contribution is 0.319. The van der Waals surface area contributed by atoms with Crippen LogP contribution in [0.4, 0.5) is 5.13 Å². The number of nitrogens with zero attached hydrogens (tertiary/aromatic N) is 4. The second-order valence-electron chi connectivity index (χ2n) is 7.56. The van der Waals surface area contributed by atoms with Crippen molar-refractivity contribution in [2.24, 2.45) is 5.73 Å². The number of nitrogen functional groups attached to an aromatic ring is 1. The summed E-state index contributed by atoms with van der Waals surface area (Å²) in [4.78, 5) is 3.66. The van der Waals surface area contributed by atoms with Crippen LogP contribution in [0, 0.1) is 0 Å². The molecule has 2 unspecified atom stereocenters. The first-order valence-electron chi connectivity index (χ1n) is 9.69. The number of anilines is 1. The third-order valence-electron chi connectivity index (χ3n) is 5.38. The molecule has 2 heterocycles. The van der Waals surface area contributed by atoms with E-state index in [1.54, 1.807) is 18.2 Å². The van der Waals surface area contributed by atoms with Crippen LogP contribution in [0.5, 0.6) is 0 Å². The van der Waals surface area contributed by atoms with Gasteiger partial charge in [0, 0.05) is 11.6 Å². The highest BCUT2D eigenvalue weighted by atomic mass is 32.3. The van der Waals surface area contributed by atoms with Gasteiger partial charge in [-0.1, -0.05) is 23.5 Å². The van der Waals surface area contributed by atoms with Crippen molar-refractivity contribution in [2.75, 3.05) is 5.73 Å². The molecule has 1 fully saturated rings.